The lowest BCUT2D eigenvalue weighted by atomic mass is 9.96. The largest absolute Gasteiger partial charge is 0.378 e. The third-order valence-electron chi connectivity index (χ3n) is 7.32. The molecular formula is C41H84N2O16. The summed E-state index contributed by atoms with van der Waals surface area (Å²) >= 11 is 0. The van der Waals surface area contributed by atoms with E-state index in [-0.39, 0.29) is 11.4 Å². The summed E-state index contributed by atoms with van der Waals surface area (Å²) in [6.45, 7) is 28.6. The van der Waals surface area contributed by atoms with Crippen LogP contribution in [-0.4, -0.2) is 223 Å². The van der Waals surface area contributed by atoms with E-state index in [0.29, 0.717) is 205 Å². The number of nitrogens with one attached hydrogen (secondary N) is 2. The van der Waals surface area contributed by atoms with Gasteiger partial charge in [0.1, 0.15) is 0 Å². The van der Waals surface area contributed by atoms with E-state index in [0.717, 1.165) is 6.54 Å². The van der Waals surface area contributed by atoms with Crippen molar-refractivity contribution in [2.45, 2.75) is 47.1 Å². The van der Waals surface area contributed by atoms with E-state index >= 15 is 0 Å². The molecule has 0 saturated heterocycles. The summed E-state index contributed by atoms with van der Waals surface area (Å²) in [5.41, 5.74) is -0.281. The molecule has 0 aromatic rings. The minimum atomic E-state index is -0.392. The van der Waals surface area contributed by atoms with Crippen LogP contribution in [0.5, 0.6) is 0 Å². The molecule has 18 nitrogen and oxygen atoms in total. The highest BCUT2D eigenvalue weighted by atomic mass is 16.6. The van der Waals surface area contributed by atoms with Gasteiger partial charge in [0.2, 0.25) is 5.91 Å². The molecule has 59 heavy (non-hydrogen) atoms. The summed E-state index contributed by atoms with van der Waals surface area (Å²) in [7, 11) is 0. The zero-order valence-corrected chi connectivity index (χ0v) is 37.7. The minimum absolute atomic E-state index is 0.0128. The lowest BCUT2D eigenvalue weighted by Gasteiger charge is -2.20. The van der Waals surface area contributed by atoms with Crippen LogP contribution in [0, 0.1) is 5.41 Å². The summed E-state index contributed by atoms with van der Waals surface area (Å²) in [4.78, 5) is 11.7. The molecule has 0 spiro atoms. The van der Waals surface area contributed by atoms with Crippen LogP contribution in [0.2, 0.25) is 0 Å². The zero-order valence-electron chi connectivity index (χ0n) is 37.7. The molecule has 0 aliphatic rings. The van der Waals surface area contributed by atoms with Crippen molar-refractivity contribution in [1.29, 1.82) is 0 Å². The van der Waals surface area contributed by atoms with Gasteiger partial charge >= 0.3 is 0 Å². The second-order valence-electron chi connectivity index (χ2n) is 14.9. The highest BCUT2D eigenvalue weighted by Crippen LogP contribution is 2.11. The molecular weight excluding hydrogens is 776 g/mol. The summed E-state index contributed by atoms with van der Waals surface area (Å²) in [6.07, 6.45) is 0. The van der Waals surface area contributed by atoms with Gasteiger partial charge in [-0.1, -0.05) is 20.8 Å². The van der Waals surface area contributed by atoms with Gasteiger partial charge in [0.15, 0.2) is 0 Å². The third kappa shape index (κ3) is 51.1. The van der Waals surface area contributed by atoms with Crippen molar-refractivity contribution < 1.29 is 75.8 Å². The van der Waals surface area contributed by atoms with Gasteiger partial charge < -0.3 is 81.7 Å². The topological polar surface area (TPSA) is 180 Å². The normalized spacial score (nSPS) is 12.2. The molecule has 0 aliphatic carbocycles. The van der Waals surface area contributed by atoms with Crippen molar-refractivity contribution in [3.8, 4) is 0 Å². The Kier molecular flexibility index (Phi) is 44.0. The van der Waals surface area contributed by atoms with E-state index in [1.165, 1.54) is 0 Å². The molecule has 0 rings (SSSR count). The van der Waals surface area contributed by atoms with Gasteiger partial charge in [-0.3, -0.25) is 4.79 Å². The first-order chi connectivity index (χ1) is 28.6. The number of carbonyl (C=O) groups is 1. The smallest absolute Gasteiger partial charge is 0.225 e. The Hall–Kier alpha value is -1.17. The summed E-state index contributed by atoms with van der Waals surface area (Å²) in [6, 6.07) is 0. The number of hydrogen-bond acceptors (Lipinski definition) is 17. The van der Waals surface area contributed by atoms with Crippen LogP contribution in [0.4, 0.5) is 0 Å². The molecule has 0 bridgehead atoms. The summed E-state index contributed by atoms with van der Waals surface area (Å²) < 4.78 is 82.4. The van der Waals surface area contributed by atoms with Gasteiger partial charge in [0.25, 0.3) is 0 Å². The molecule has 0 radical (unpaired) electrons. The predicted octanol–water partition coefficient (Wildman–Crippen LogP) is 1.79. The molecule has 0 aromatic carbocycles. The maximum absolute atomic E-state index is 11.7. The van der Waals surface area contributed by atoms with Crippen LogP contribution in [0.15, 0.2) is 0 Å². The Morgan fingerprint density at radius 2 is 0.458 bits per heavy atom. The number of hydrogen-bond donors (Lipinski definition) is 2. The monoisotopic (exact) mass is 861 g/mol. The molecule has 0 heterocycles. The van der Waals surface area contributed by atoms with Crippen LogP contribution in [0.1, 0.15) is 41.5 Å². The van der Waals surface area contributed by atoms with Crippen molar-refractivity contribution in [3.05, 3.63) is 0 Å². The van der Waals surface area contributed by atoms with Crippen molar-refractivity contribution in [1.82, 2.24) is 10.6 Å². The molecule has 0 aliphatic heterocycles. The quantitative estimate of drug-likeness (QED) is 0.0846. The molecule has 0 unspecified atom stereocenters. The van der Waals surface area contributed by atoms with Crippen LogP contribution < -0.4 is 10.6 Å². The van der Waals surface area contributed by atoms with Crippen LogP contribution in [-0.2, 0) is 75.8 Å². The second-order valence-corrected chi connectivity index (χ2v) is 14.9. The fourth-order valence-corrected chi connectivity index (χ4v) is 4.18. The summed E-state index contributed by atoms with van der Waals surface area (Å²) in [5.74, 6) is 0.0128. The summed E-state index contributed by atoms with van der Waals surface area (Å²) in [5, 5.41) is 6.21. The van der Waals surface area contributed by atoms with Gasteiger partial charge in [-0.15, -0.1) is 0 Å². The predicted molar refractivity (Wildman–Crippen MR) is 223 cm³/mol. The molecule has 0 fully saturated rings. The Morgan fingerprint density at radius 3 is 0.627 bits per heavy atom. The molecule has 18 heteroatoms. The maximum atomic E-state index is 11.7. The first-order valence-electron chi connectivity index (χ1n) is 21.3. The zero-order chi connectivity index (χ0) is 43.2. The van der Waals surface area contributed by atoms with Gasteiger partial charge in [-0.25, -0.2) is 0 Å². The lowest BCUT2D eigenvalue weighted by molar-refractivity contribution is -0.128. The molecule has 0 atom stereocenters. The number of amides is 1. The molecule has 354 valence electrons. The molecule has 2 N–H and O–H groups in total. The van der Waals surface area contributed by atoms with Crippen molar-refractivity contribution in [2.75, 3.05) is 211 Å². The van der Waals surface area contributed by atoms with Crippen LogP contribution in [0.25, 0.3) is 0 Å². The van der Waals surface area contributed by atoms with Crippen molar-refractivity contribution >= 4 is 5.91 Å². The van der Waals surface area contributed by atoms with Crippen molar-refractivity contribution in [2.24, 2.45) is 5.41 Å². The Bertz CT molecular complexity index is 851. The Labute approximate surface area is 355 Å². The van der Waals surface area contributed by atoms with E-state index in [2.05, 4.69) is 31.4 Å². The average molecular weight is 861 g/mol. The SMILES string of the molecule is CC(C)(C)NCCOCCOCCOCCOCCOCCOCCOCCOCCOCCOCCOCCOCCOCCOCCOCCNC(=O)C(C)(C)C. The van der Waals surface area contributed by atoms with E-state index in [1.54, 1.807) is 0 Å². The van der Waals surface area contributed by atoms with Crippen LogP contribution >= 0.6 is 0 Å². The van der Waals surface area contributed by atoms with Gasteiger partial charge in [0.05, 0.1) is 198 Å². The second kappa shape index (κ2) is 44.9. The fraction of sp³-hybridized carbons (Fsp3) is 0.976. The fourth-order valence-electron chi connectivity index (χ4n) is 4.18. The number of rotatable bonds is 48. The highest BCUT2D eigenvalue weighted by Gasteiger charge is 2.20. The Morgan fingerprint density at radius 1 is 0.288 bits per heavy atom. The molecule has 0 aromatic heterocycles. The van der Waals surface area contributed by atoms with E-state index in [9.17, 15) is 4.79 Å². The number of carbonyl (C=O) groups excluding carboxylic acids is 1. The third-order valence-corrected chi connectivity index (χ3v) is 7.32. The van der Waals surface area contributed by atoms with Gasteiger partial charge in [-0.05, 0) is 20.8 Å². The lowest BCUT2D eigenvalue weighted by Crippen LogP contribution is -2.38. The minimum Gasteiger partial charge on any atom is -0.378 e. The first kappa shape index (κ1) is 57.8. The molecule has 1 amide bonds. The van der Waals surface area contributed by atoms with E-state index in [1.807, 2.05) is 20.8 Å². The highest BCUT2D eigenvalue weighted by molar-refractivity contribution is 5.81. The number of ether oxygens (including phenoxy) is 15. The van der Waals surface area contributed by atoms with E-state index < -0.39 is 5.41 Å². The van der Waals surface area contributed by atoms with Crippen LogP contribution in [0.3, 0.4) is 0 Å². The van der Waals surface area contributed by atoms with Crippen molar-refractivity contribution in [3.63, 3.8) is 0 Å². The maximum Gasteiger partial charge on any atom is 0.225 e. The van der Waals surface area contributed by atoms with E-state index in [4.69, 9.17) is 71.1 Å². The van der Waals surface area contributed by atoms with Gasteiger partial charge in [-0.2, -0.15) is 0 Å². The Balaban J connectivity index is 3.10. The standard InChI is InChI=1S/C41H84N2O16/c1-40(2,3)39(44)42-7-9-45-11-13-47-15-17-49-19-21-51-23-25-53-27-29-55-31-33-57-35-37-59-38-36-58-34-32-56-30-28-54-26-24-52-22-20-50-18-16-48-14-12-46-10-8-43-41(4,5)6/h43H,7-38H2,1-6H3,(H,42,44). The first-order valence-corrected chi connectivity index (χ1v) is 21.3. The van der Waals surface area contributed by atoms with Gasteiger partial charge in [0, 0.05) is 24.0 Å². The molecule has 0 saturated carbocycles. The average Bonchev–Trinajstić information content (AvgIpc) is 3.19.